The first-order valence-electron chi connectivity index (χ1n) is 8.64. The Morgan fingerprint density at radius 1 is 1.25 bits per heavy atom. The first-order valence-corrected chi connectivity index (χ1v) is 11.7. The molecule has 1 aliphatic rings. The number of halogens is 1. The molecule has 150 valence electrons. The molecular weight excluding hydrogens is 466 g/mol. The second kappa shape index (κ2) is 8.02. The summed E-state index contributed by atoms with van der Waals surface area (Å²) in [4.78, 5) is 29.5. The number of Topliss-reactive ketones (excluding diaryl/α,β-unsaturated/α-hetero) is 1. The van der Waals surface area contributed by atoms with Crippen LogP contribution in [0.4, 0.5) is 5.13 Å². The Morgan fingerprint density at radius 3 is 2.61 bits per heavy atom. The Morgan fingerprint density at radius 2 is 1.93 bits per heavy atom. The standard InChI is InChI=1S/C18H20BrN3O4S2/c1-18(2)9-13-16(14(23)10-18)27-17(21-13)22-15(24)7-8-20-28(25,26)12-5-3-11(19)4-6-12/h3-6,20H,7-10H2,1-2H3,(H,21,22,24). The third-order valence-electron chi connectivity index (χ3n) is 4.25. The molecule has 1 aromatic heterocycles. The van der Waals surface area contributed by atoms with Gasteiger partial charge in [0.2, 0.25) is 15.9 Å². The average Bonchev–Trinajstić information content (AvgIpc) is 2.96. The van der Waals surface area contributed by atoms with Crippen molar-refractivity contribution in [1.82, 2.24) is 9.71 Å². The predicted octanol–water partition coefficient (Wildman–Crippen LogP) is 3.37. The van der Waals surface area contributed by atoms with E-state index in [0.717, 1.165) is 10.2 Å². The average molecular weight is 486 g/mol. The summed E-state index contributed by atoms with van der Waals surface area (Å²) in [6.45, 7) is 3.99. The van der Waals surface area contributed by atoms with Crippen LogP contribution < -0.4 is 10.0 Å². The number of anilines is 1. The van der Waals surface area contributed by atoms with Crippen LogP contribution in [0.15, 0.2) is 33.6 Å². The number of carbonyl (C=O) groups excluding carboxylic acids is 2. The van der Waals surface area contributed by atoms with Gasteiger partial charge in [-0.1, -0.05) is 41.1 Å². The van der Waals surface area contributed by atoms with E-state index >= 15 is 0 Å². The fourth-order valence-corrected chi connectivity index (χ4v) is 5.18. The maximum Gasteiger partial charge on any atom is 0.240 e. The molecule has 3 rings (SSSR count). The molecule has 10 heteroatoms. The van der Waals surface area contributed by atoms with Crippen molar-refractivity contribution >= 4 is 54.1 Å². The summed E-state index contributed by atoms with van der Waals surface area (Å²) in [7, 11) is -3.68. The van der Waals surface area contributed by atoms with Gasteiger partial charge in [0.1, 0.15) is 0 Å². The Bertz CT molecular complexity index is 1010. The van der Waals surface area contributed by atoms with Crippen LogP contribution in [0.2, 0.25) is 0 Å². The molecule has 1 aromatic carbocycles. The summed E-state index contributed by atoms with van der Waals surface area (Å²) in [6.07, 6.45) is 1.11. The van der Waals surface area contributed by atoms with E-state index in [1.165, 1.54) is 23.5 Å². The van der Waals surface area contributed by atoms with Gasteiger partial charge in [-0.3, -0.25) is 9.59 Å². The Kier molecular flexibility index (Phi) is 6.04. The number of fused-ring (bicyclic) bond motifs is 1. The zero-order valence-electron chi connectivity index (χ0n) is 15.4. The van der Waals surface area contributed by atoms with E-state index in [9.17, 15) is 18.0 Å². The molecule has 0 spiro atoms. The molecule has 1 heterocycles. The zero-order valence-corrected chi connectivity index (χ0v) is 18.6. The summed E-state index contributed by atoms with van der Waals surface area (Å²) < 4.78 is 27.6. The number of amides is 1. The molecule has 0 fully saturated rings. The van der Waals surface area contributed by atoms with E-state index in [0.29, 0.717) is 22.9 Å². The van der Waals surface area contributed by atoms with Crippen LogP contribution in [0.25, 0.3) is 0 Å². The number of thiazole rings is 1. The Balaban J connectivity index is 1.55. The van der Waals surface area contributed by atoms with Crippen molar-refractivity contribution in [3.05, 3.63) is 39.3 Å². The van der Waals surface area contributed by atoms with Crippen molar-refractivity contribution in [2.75, 3.05) is 11.9 Å². The zero-order chi connectivity index (χ0) is 20.5. The minimum atomic E-state index is -3.68. The lowest BCUT2D eigenvalue weighted by molar-refractivity contribution is -0.116. The first kappa shape index (κ1) is 21.1. The van der Waals surface area contributed by atoms with Gasteiger partial charge in [-0.25, -0.2) is 18.1 Å². The van der Waals surface area contributed by atoms with Gasteiger partial charge in [0.25, 0.3) is 0 Å². The second-order valence-corrected chi connectivity index (χ2v) is 11.1. The van der Waals surface area contributed by atoms with Gasteiger partial charge in [0, 0.05) is 23.9 Å². The molecule has 0 radical (unpaired) electrons. The predicted molar refractivity (Wildman–Crippen MR) is 111 cm³/mol. The summed E-state index contributed by atoms with van der Waals surface area (Å²) in [5.74, 6) is -0.317. The third kappa shape index (κ3) is 5.05. The van der Waals surface area contributed by atoms with Gasteiger partial charge < -0.3 is 5.32 Å². The molecule has 7 nitrogen and oxygen atoms in total. The smallest absolute Gasteiger partial charge is 0.240 e. The SMILES string of the molecule is CC1(C)CC(=O)c2sc(NC(=O)CCNS(=O)(=O)c3ccc(Br)cc3)nc2C1. The number of hydrogen-bond donors (Lipinski definition) is 2. The van der Waals surface area contributed by atoms with Gasteiger partial charge in [-0.2, -0.15) is 0 Å². The number of ketones is 1. The highest BCUT2D eigenvalue weighted by molar-refractivity contribution is 9.10. The molecule has 2 N–H and O–H groups in total. The molecule has 1 amide bonds. The second-order valence-electron chi connectivity index (χ2n) is 7.39. The third-order valence-corrected chi connectivity index (χ3v) is 7.31. The van der Waals surface area contributed by atoms with Crippen LogP contribution in [-0.2, 0) is 21.2 Å². The van der Waals surface area contributed by atoms with Crippen LogP contribution in [0.3, 0.4) is 0 Å². The summed E-state index contributed by atoms with van der Waals surface area (Å²) in [5.41, 5.74) is 0.586. The van der Waals surface area contributed by atoms with Crippen LogP contribution >= 0.6 is 27.3 Å². The van der Waals surface area contributed by atoms with E-state index in [1.54, 1.807) is 12.1 Å². The number of rotatable bonds is 6. The minimum Gasteiger partial charge on any atom is -0.302 e. The molecule has 0 bridgehead atoms. The molecule has 1 aliphatic carbocycles. The van der Waals surface area contributed by atoms with E-state index < -0.39 is 10.0 Å². The van der Waals surface area contributed by atoms with Gasteiger partial charge in [0.05, 0.1) is 15.5 Å². The summed E-state index contributed by atoms with van der Waals surface area (Å²) in [5, 5.41) is 3.03. The fourth-order valence-electron chi connectivity index (χ4n) is 2.95. The number of carbonyl (C=O) groups is 2. The minimum absolute atomic E-state index is 0.0404. The lowest BCUT2D eigenvalue weighted by atomic mass is 9.78. The van der Waals surface area contributed by atoms with Gasteiger partial charge in [-0.15, -0.1) is 0 Å². The lowest BCUT2D eigenvalue weighted by Crippen LogP contribution is -2.27. The molecule has 0 atom stereocenters. The van der Waals surface area contributed by atoms with Gasteiger partial charge in [-0.05, 0) is 36.1 Å². The normalized spacial score (nSPS) is 15.9. The van der Waals surface area contributed by atoms with E-state index in [4.69, 9.17) is 0 Å². The van der Waals surface area contributed by atoms with Crippen LogP contribution in [0.1, 0.15) is 42.1 Å². The van der Waals surface area contributed by atoms with Crippen molar-refractivity contribution in [1.29, 1.82) is 0 Å². The summed E-state index contributed by atoms with van der Waals surface area (Å²) >= 11 is 4.43. The van der Waals surface area contributed by atoms with Crippen LogP contribution in [-0.4, -0.2) is 31.6 Å². The number of sulfonamides is 1. The van der Waals surface area contributed by atoms with Crippen molar-refractivity contribution < 1.29 is 18.0 Å². The van der Waals surface area contributed by atoms with Gasteiger partial charge >= 0.3 is 0 Å². The highest BCUT2D eigenvalue weighted by Gasteiger charge is 2.34. The topological polar surface area (TPSA) is 105 Å². The molecule has 2 aromatic rings. The highest BCUT2D eigenvalue weighted by atomic mass is 79.9. The monoisotopic (exact) mass is 485 g/mol. The largest absolute Gasteiger partial charge is 0.302 e. The maximum absolute atomic E-state index is 12.2. The number of nitrogens with one attached hydrogen (secondary N) is 2. The van der Waals surface area contributed by atoms with Crippen LogP contribution in [0, 0.1) is 5.41 Å². The van der Waals surface area contributed by atoms with Crippen molar-refractivity contribution in [3.8, 4) is 0 Å². The number of benzene rings is 1. The summed E-state index contributed by atoms with van der Waals surface area (Å²) in [6, 6.07) is 6.22. The molecule has 0 unspecified atom stereocenters. The van der Waals surface area contributed by atoms with Gasteiger partial charge in [0.15, 0.2) is 10.9 Å². The number of aromatic nitrogens is 1. The van der Waals surface area contributed by atoms with Crippen molar-refractivity contribution in [2.24, 2.45) is 5.41 Å². The van der Waals surface area contributed by atoms with Crippen molar-refractivity contribution in [3.63, 3.8) is 0 Å². The quantitative estimate of drug-likeness (QED) is 0.652. The number of hydrogen-bond acceptors (Lipinski definition) is 6. The van der Waals surface area contributed by atoms with E-state index in [1.807, 2.05) is 13.8 Å². The fraction of sp³-hybridized carbons (Fsp3) is 0.389. The van der Waals surface area contributed by atoms with Crippen LogP contribution in [0.5, 0.6) is 0 Å². The van der Waals surface area contributed by atoms with Crippen molar-refractivity contribution in [2.45, 2.75) is 38.0 Å². The molecule has 28 heavy (non-hydrogen) atoms. The Labute approximate surface area is 176 Å². The maximum atomic E-state index is 12.2. The highest BCUT2D eigenvalue weighted by Crippen LogP contribution is 2.38. The molecular formula is C18H20BrN3O4S2. The molecule has 0 saturated carbocycles. The van der Waals surface area contributed by atoms with E-state index in [-0.39, 0.29) is 35.0 Å². The molecule has 0 saturated heterocycles. The lowest BCUT2D eigenvalue weighted by Gasteiger charge is -2.26. The molecule has 0 aliphatic heterocycles. The Hall–Kier alpha value is -1.62. The van der Waals surface area contributed by atoms with E-state index in [2.05, 4.69) is 31.0 Å². The first-order chi connectivity index (χ1) is 13.1. The number of nitrogens with zero attached hydrogens (tertiary/aromatic N) is 1.